The van der Waals surface area contributed by atoms with Crippen LogP contribution in [-0.2, 0) is 6.54 Å². The Morgan fingerprint density at radius 2 is 1.70 bits per heavy atom. The van der Waals surface area contributed by atoms with Gasteiger partial charge in [-0.1, -0.05) is 24.3 Å². The van der Waals surface area contributed by atoms with Crippen LogP contribution < -0.4 is 10.6 Å². The molecule has 23 heavy (non-hydrogen) atoms. The standard InChI is InChI=1S/C18H16N4O/c23-18(21-13-16-8-4-5-10-19-16)17-12-15(9-11-20-17)22-14-6-2-1-3-7-14/h1-12H,13H2,(H,20,22)(H,21,23). The van der Waals surface area contributed by atoms with Crippen LogP contribution in [0.5, 0.6) is 0 Å². The highest BCUT2D eigenvalue weighted by atomic mass is 16.1. The number of para-hydroxylation sites is 1. The first kappa shape index (κ1) is 14.7. The third-order valence-corrected chi connectivity index (χ3v) is 3.21. The number of anilines is 2. The summed E-state index contributed by atoms with van der Waals surface area (Å²) in [6.07, 6.45) is 3.31. The molecular formula is C18H16N4O. The maximum absolute atomic E-state index is 12.2. The van der Waals surface area contributed by atoms with Crippen LogP contribution in [0.4, 0.5) is 11.4 Å². The summed E-state index contributed by atoms with van der Waals surface area (Å²) in [7, 11) is 0. The molecule has 0 saturated carbocycles. The second-order valence-corrected chi connectivity index (χ2v) is 4.92. The third kappa shape index (κ3) is 4.14. The number of nitrogens with zero attached hydrogens (tertiary/aromatic N) is 2. The van der Waals surface area contributed by atoms with E-state index in [1.807, 2.05) is 54.6 Å². The second-order valence-electron chi connectivity index (χ2n) is 4.92. The van der Waals surface area contributed by atoms with Gasteiger partial charge in [-0.05, 0) is 36.4 Å². The predicted molar refractivity (Wildman–Crippen MR) is 89.4 cm³/mol. The number of amides is 1. The minimum atomic E-state index is -0.229. The molecule has 0 atom stereocenters. The molecule has 0 fully saturated rings. The van der Waals surface area contributed by atoms with E-state index in [1.54, 1.807) is 18.5 Å². The van der Waals surface area contributed by atoms with Crippen molar-refractivity contribution in [2.24, 2.45) is 0 Å². The molecule has 3 rings (SSSR count). The molecule has 0 spiro atoms. The van der Waals surface area contributed by atoms with Crippen molar-refractivity contribution in [3.8, 4) is 0 Å². The van der Waals surface area contributed by atoms with Gasteiger partial charge < -0.3 is 10.6 Å². The number of benzene rings is 1. The van der Waals surface area contributed by atoms with E-state index in [9.17, 15) is 4.79 Å². The first-order valence-electron chi connectivity index (χ1n) is 7.27. The number of nitrogens with one attached hydrogen (secondary N) is 2. The first-order valence-corrected chi connectivity index (χ1v) is 7.27. The van der Waals surface area contributed by atoms with Crippen molar-refractivity contribution in [3.05, 3.63) is 84.4 Å². The Hall–Kier alpha value is -3.21. The fourth-order valence-corrected chi connectivity index (χ4v) is 2.08. The lowest BCUT2D eigenvalue weighted by molar-refractivity contribution is 0.0945. The monoisotopic (exact) mass is 304 g/mol. The Balaban J connectivity index is 1.65. The number of aromatic nitrogens is 2. The van der Waals surface area contributed by atoms with Gasteiger partial charge in [0.25, 0.3) is 5.91 Å². The quantitative estimate of drug-likeness (QED) is 0.760. The summed E-state index contributed by atoms with van der Waals surface area (Å²) in [5, 5.41) is 6.06. The average molecular weight is 304 g/mol. The topological polar surface area (TPSA) is 66.9 Å². The largest absolute Gasteiger partial charge is 0.355 e. The van der Waals surface area contributed by atoms with Gasteiger partial charge in [0.05, 0.1) is 12.2 Å². The molecule has 0 radical (unpaired) electrons. The summed E-state index contributed by atoms with van der Waals surface area (Å²) in [6.45, 7) is 0.373. The van der Waals surface area contributed by atoms with Gasteiger partial charge in [-0.3, -0.25) is 14.8 Å². The van der Waals surface area contributed by atoms with Crippen LogP contribution in [0.15, 0.2) is 73.1 Å². The van der Waals surface area contributed by atoms with Crippen molar-refractivity contribution in [2.75, 3.05) is 5.32 Å². The van der Waals surface area contributed by atoms with Gasteiger partial charge in [0.15, 0.2) is 0 Å². The van der Waals surface area contributed by atoms with E-state index >= 15 is 0 Å². The lowest BCUT2D eigenvalue weighted by Crippen LogP contribution is -2.24. The molecule has 0 aliphatic rings. The average Bonchev–Trinajstić information content (AvgIpc) is 2.62. The van der Waals surface area contributed by atoms with E-state index < -0.39 is 0 Å². The maximum atomic E-state index is 12.2. The normalized spacial score (nSPS) is 10.1. The number of carbonyl (C=O) groups excluding carboxylic acids is 1. The van der Waals surface area contributed by atoms with Gasteiger partial charge in [-0.2, -0.15) is 0 Å². The Kier molecular flexibility index (Phi) is 4.59. The highest BCUT2D eigenvalue weighted by molar-refractivity contribution is 5.93. The Morgan fingerprint density at radius 3 is 2.48 bits per heavy atom. The van der Waals surface area contributed by atoms with Gasteiger partial charge in [-0.15, -0.1) is 0 Å². The number of carbonyl (C=O) groups is 1. The third-order valence-electron chi connectivity index (χ3n) is 3.21. The molecule has 2 N–H and O–H groups in total. The summed E-state index contributed by atoms with van der Waals surface area (Å²) < 4.78 is 0. The highest BCUT2D eigenvalue weighted by Crippen LogP contribution is 2.16. The minimum Gasteiger partial charge on any atom is -0.355 e. The van der Waals surface area contributed by atoms with Crippen LogP contribution in [0, 0.1) is 0 Å². The van der Waals surface area contributed by atoms with E-state index in [0.717, 1.165) is 17.1 Å². The number of pyridine rings is 2. The molecule has 2 heterocycles. The zero-order valence-corrected chi connectivity index (χ0v) is 12.4. The van der Waals surface area contributed by atoms with Crippen LogP contribution in [0.25, 0.3) is 0 Å². The van der Waals surface area contributed by atoms with E-state index in [4.69, 9.17) is 0 Å². The Morgan fingerprint density at radius 1 is 0.870 bits per heavy atom. The number of hydrogen-bond acceptors (Lipinski definition) is 4. The lowest BCUT2D eigenvalue weighted by atomic mass is 10.2. The summed E-state index contributed by atoms with van der Waals surface area (Å²) in [5.74, 6) is -0.229. The van der Waals surface area contributed by atoms with Gasteiger partial charge in [0, 0.05) is 23.8 Å². The van der Waals surface area contributed by atoms with Crippen molar-refractivity contribution in [3.63, 3.8) is 0 Å². The van der Waals surface area contributed by atoms with Crippen molar-refractivity contribution < 1.29 is 4.79 Å². The van der Waals surface area contributed by atoms with E-state index in [0.29, 0.717) is 12.2 Å². The Bertz CT molecular complexity index is 775. The molecule has 1 aromatic carbocycles. The molecule has 0 bridgehead atoms. The summed E-state index contributed by atoms with van der Waals surface area (Å²) >= 11 is 0. The molecule has 0 aliphatic heterocycles. The van der Waals surface area contributed by atoms with Gasteiger partial charge in [0.1, 0.15) is 5.69 Å². The van der Waals surface area contributed by atoms with Crippen LogP contribution in [0.2, 0.25) is 0 Å². The zero-order valence-electron chi connectivity index (χ0n) is 12.4. The predicted octanol–water partition coefficient (Wildman–Crippen LogP) is 3.15. The molecule has 0 saturated heterocycles. The number of rotatable bonds is 5. The second kappa shape index (κ2) is 7.17. The van der Waals surface area contributed by atoms with Crippen molar-refractivity contribution >= 4 is 17.3 Å². The first-order chi connectivity index (χ1) is 11.3. The molecule has 2 aromatic heterocycles. The zero-order chi connectivity index (χ0) is 15.9. The summed E-state index contributed by atoms with van der Waals surface area (Å²) in [5.41, 5.74) is 2.94. The van der Waals surface area contributed by atoms with Crippen molar-refractivity contribution in [2.45, 2.75) is 6.54 Å². The fourth-order valence-electron chi connectivity index (χ4n) is 2.08. The van der Waals surface area contributed by atoms with Crippen molar-refractivity contribution in [1.29, 1.82) is 0 Å². The molecule has 1 amide bonds. The van der Waals surface area contributed by atoms with Crippen LogP contribution in [-0.4, -0.2) is 15.9 Å². The molecule has 0 unspecified atom stereocenters. The summed E-state index contributed by atoms with van der Waals surface area (Å²) in [4.78, 5) is 20.5. The lowest BCUT2D eigenvalue weighted by Gasteiger charge is -2.08. The molecule has 0 aliphatic carbocycles. The molecule has 5 nitrogen and oxygen atoms in total. The summed E-state index contributed by atoms with van der Waals surface area (Å²) in [6, 6.07) is 18.9. The molecular weight excluding hydrogens is 288 g/mol. The maximum Gasteiger partial charge on any atom is 0.270 e. The van der Waals surface area contributed by atoms with E-state index in [2.05, 4.69) is 20.6 Å². The van der Waals surface area contributed by atoms with E-state index in [1.165, 1.54) is 0 Å². The molecule has 5 heteroatoms. The van der Waals surface area contributed by atoms with E-state index in [-0.39, 0.29) is 5.91 Å². The SMILES string of the molecule is O=C(NCc1ccccn1)c1cc(Nc2ccccc2)ccn1. The van der Waals surface area contributed by atoms with Gasteiger partial charge >= 0.3 is 0 Å². The number of hydrogen-bond donors (Lipinski definition) is 2. The molecule has 3 aromatic rings. The van der Waals surface area contributed by atoms with Crippen LogP contribution >= 0.6 is 0 Å². The van der Waals surface area contributed by atoms with Crippen LogP contribution in [0.1, 0.15) is 16.2 Å². The highest BCUT2D eigenvalue weighted by Gasteiger charge is 2.08. The van der Waals surface area contributed by atoms with Gasteiger partial charge in [-0.25, -0.2) is 0 Å². The Labute approximate surface area is 134 Å². The van der Waals surface area contributed by atoms with Crippen LogP contribution in [0.3, 0.4) is 0 Å². The van der Waals surface area contributed by atoms with Crippen molar-refractivity contribution in [1.82, 2.24) is 15.3 Å². The fraction of sp³-hybridized carbons (Fsp3) is 0.0556. The minimum absolute atomic E-state index is 0.229. The smallest absolute Gasteiger partial charge is 0.270 e. The molecule has 114 valence electrons. The van der Waals surface area contributed by atoms with Gasteiger partial charge in [0.2, 0.25) is 0 Å².